The molecule has 2 aromatic carbocycles. The van der Waals surface area contributed by atoms with Crippen molar-refractivity contribution in [3.63, 3.8) is 0 Å². The number of halogens is 3. The van der Waals surface area contributed by atoms with Crippen LogP contribution in [-0.4, -0.2) is 95.2 Å². The van der Waals surface area contributed by atoms with Gasteiger partial charge in [0.2, 0.25) is 5.91 Å². The summed E-state index contributed by atoms with van der Waals surface area (Å²) in [5.41, 5.74) is 2.76. The van der Waals surface area contributed by atoms with Crippen LogP contribution in [0.2, 0.25) is 0 Å². The number of carbonyl (C=O) groups is 1. The Morgan fingerprint density at radius 3 is 2.47 bits per heavy atom. The summed E-state index contributed by atoms with van der Waals surface area (Å²) in [6.45, 7) is 4.56. The Morgan fingerprint density at radius 1 is 1.13 bits per heavy atom. The number of nitriles is 1. The highest BCUT2D eigenvalue weighted by molar-refractivity contribution is 5.83. The monoisotopic (exact) mass is 652 g/mol. The van der Waals surface area contributed by atoms with Crippen LogP contribution in [0, 0.1) is 23.2 Å². The molecule has 1 aromatic heterocycles. The second kappa shape index (κ2) is 15.7. The fraction of sp³-hybridized carbons (Fsp3) is 0.486. The smallest absolute Gasteiger partial charge is 0.394 e. The first-order valence-electron chi connectivity index (χ1n) is 15.7. The van der Waals surface area contributed by atoms with Gasteiger partial charge in [-0.15, -0.1) is 0 Å². The van der Waals surface area contributed by atoms with Crippen molar-refractivity contribution in [1.82, 2.24) is 19.7 Å². The molecule has 1 atom stereocenters. The quantitative estimate of drug-likeness (QED) is 0.220. The number of carbonyl (C=O) groups excluding carboxylic acids is 1. The summed E-state index contributed by atoms with van der Waals surface area (Å²) < 4.78 is 41.8. The highest BCUT2D eigenvalue weighted by Gasteiger charge is 2.30. The molecule has 0 bridgehead atoms. The molecule has 0 aliphatic carbocycles. The number of aromatic nitrogens is 1. The molecule has 1 aliphatic rings. The van der Waals surface area contributed by atoms with E-state index in [4.69, 9.17) is 5.11 Å². The van der Waals surface area contributed by atoms with Crippen molar-refractivity contribution in [3.05, 3.63) is 65.4 Å². The Bertz CT molecular complexity index is 1610. The second-order valence-corrected chi connectivity index (χ2v) is 12.7. The van der Waals surface area contributed by atoms with Crippen LogP contribution < -0.4 is 10.6 Å². The fourth-order valence-corrected chi connectivity index (χ4v) is 5.64. The van der Waals surface area contributed by atoms with Gasteiger partial charge in [-0.1, -0.05) is 24.1 Å². The standard InChI is InChI=1S/C35H43F3N6O3/c1-34(2,23-39)27-7-9-28(10-8-27)40-14-4-5-30-18-26-17-25(6-11-32(26)44(30)24-35(36,37)38)19-41-29-12-15-43(16-13-29)33(47)21-42(3)20-31(46)22-45/h6-11,17-18,29,31,40-41,45-46H,12-16,19-22,24H2,1-3H3. The molecule has 252 valence electrons. The molecular formula is C35H43F3N6O3. The first-order chi connectivity index (χ1) is 22.3. The molecule has 3 aromatic rings. The van der Waals surface area contributed by atoms with Crippen LogP contribution in [0.3, 0.4) is 0 Å². The molecule has 1 aliphatic heterocycles. The SMILES string of the molecule is CN(CC(=O)N1CCC(NCc2ccc3c(c2)cc(C#CCNc2ccc(C(C)(C)C#N)cc2)n3CC(F)(F)F)CC1)CC(O)CO. The first kappa shape index (κ1) is 35.8. The Kier molecular flexibility index (Phi) is 11.9. The molecular weight excluding hydrogens is 609 g/mol. The van der Waals surface area contributed by atoms with Gasteiger partial charge in [0.05, 0.1) is 43.0 Å². The maximum Gasteiger partial charge on any atom is 0.406 e. The number of hydrogen-bond donors (Lipinski definition) is 4. The van der Waals surface area contributed by atoms with Crippen molar-refractivity contribution < 1.29 is 28.2 Å². The van der Waals surface area contributed by atoms with Crippen molar-refractivity contribution in [3.8, 4) is 17.9 Å². The molecule has 9 nitrogen and oxygen atoms in total. The molecule has 4 rings (SSSR count). The number of aliphatic hydroxyl groups is 2. The van der Waals surface area contributed by atoms with E-state index >= 15 is 0 Å². The van der Waals surface area contributed by atoms with Crippen molar-refractivity contribution in [2.45, 2.75) is 63.5 Å². The average molecular weight is 653 g/mol. The van der Waals surface area contributed by atoms with Crippen LogP contribution in [0.25, 0.3) is 10.9 Å². The summed E-state index contributed by atoms with van der Waals surface area (Å²) in [7, 11) is 1.73. The van der Waals surface area contributed by atoms with Gasteiger partial charge < -0.3 is 30.3 Å². The molecule has 47 heavy (non-hydrogen) atoms. The normalized spacial score (nSPS) is 14.9. The number of nitrogens with one attached hydrogen (secondary N) is 2. The number of piperidine rings is 1. The molecule has 4 N–H and O–H groups in total. The highest BCUT2D eigenvalue weighted by Crippen LogP contribution is 2.27. The summed E-state index contributed by atoms with van der Waals surface area (Å²) in [5.74, 6) is 5.84. The number of alkyl halides is 3. The maximum absolute atomic E-state index is 13.5. The largest absolute Gasteiger partial charge is 0.406 e. The third-order valence-corrected chi connectivity index (χ3v) is 8.37. The number of likely N-dealkylation sites (tertiary alicyclic amines) is 1. The molecule has 0 spiro atoms. The lowest BCUT2D eigenvalue weighted by atomic mass is 9.86. The van der Waals surface area contributed by atoms with E-state index in [1.54, 1.807) is 29.0 Å². The number of amides is 1. The predicted molar refractivity (Wildman–Crippen MR) is 175 cm³/mol. The van der Waals surface area contributed by atoms with Crippen molar-refractivity contribution in [2.24, 2.45) is 0 Å². The third-order valence-electron chi connectivity index (χ3n) is 8.37. The van der Waals surface area contributed by atoms with Gasteiger partial charge in [-0.05, 0) is 81.1 Å². The molecule has 12 heteroatoms. The van der Waals surface area contributed by atoms with Crippen molar-refractivity contribution >= 4 is 22.5 Å². The van der Waals surface area contributed by atoms with Gasteiger partial charge in [-0.3, -0.25) is 9.69 Å². The second-order valence-electron chi connectivity index (χ2n) is 12.7. The summed E-state index contributed by atoms with van der Waals surface area (Å²) in [5, 5.41) is 35.3. The molecule has 1 amide bonds. The van der Waals surface area contributed by atoms with Crippen molar-refractivity contribution in [1.29, 1.82) is 5.26 Å². The van der Waals surface area contributed by atoms with E-state index in [0.29, 0.717) is 30.5 Å². The van der Waals surface area contributed by atoms with E-state index in [2.05, 4.69) is 28.5 Å². The van der Waals surface area contributed by atoms with E-state index in [9.17, 15) is 28.3 Å². The number of fused-ring (bicyclic) bond motifs is 1. The van der Waals surface area contributed by atoms with Crippen LogP contribution in [0.1, 0.15) is 43.5 Å². The summed E-state index contributed by atoms with van der Waals surface area (Å²) in [6.07, 6.45) is -3.75. The maximum atomic E-state index is 13.5. The van der Waals surface area contributed by atoms with Crippen LogP contribution in [0.15, 0.2) is 48.5 Å². The predicted octanol–water partition coefficient (Wildman–Crippen LogP) is 3.83. The number of hydrogen-bond acceptors (Lipinski definition) is 7. The van der Waals surface area contributed by atoms with Crippen LogP contribution in [0.5, 0.6) is 0 Å². The lowest BCUT2D eigenvalue weighted by molar-refractivity contribution is -0.140. The fourth-order valence-electron chi connectivity index (χ4n) is 5.64. The number of nitrogens with zero attached hydrogens (tertiary/aromatic N) is 4. The van der Waals surface area contributed by atoms with Crippen LogP contribution >= 0.6 is 0 Å². The summed E-state index contributed by atoms with van der Waals surface area (Å²) in [4.78, 5) is 16.1. The van der Waals surface area contributed by atoms with E-state index in [1.807, 2.05) is 50.2 Å². The molecule has 0 radical (unpaired) electrons. The Labute approximate surface area is 274 Å². The van der Waals surface area contributed by atoms with E-state index < -0.39 is 24.2 Å². The van der Waals surface area contributed by atoms with Gasteiger partial charge in [0.1, 0.15) is 6.54 Å². The molecule has 1 unspecified atom stereocenters. The lowest BCUT2D eigenvalue weighted by Gasteiger charge is -2.33. The van der Waals surface area contributed by atoms with E-state index in [1.165, 1.54) is 4.57 Å². The average Bonchev–Trinajstić information content (AvgIpc) is 3.37. The van der Waals surface area contributed by atoms with Gasteiger partial charge in [-0.25, -0.2) is 0 Å². The minimum absolute atomic E-state index is 0.0191. The molecule has 1 saturated heterocycles. The first-order valence-corrected chi connectivity index (χ1v) is 15.7. The molecule has 0 saturated carbocycles. The van der Waals surface area contributed by atoms with Gasteiger partial charge in [0, 0.05) is 48.8 Å². The number of likely N-dealkylation sites (N-methyl/N-ethyl adjacent to an activating group) is 1. The minimum Gasteiger partial charge on any atom is -0.394 e. The number of anilines is 1. The number of benzene rings is 2. The van der Waals surface area contributed by atoms with Gasteiger partial charge >= 0.3 is 6.18 Å². The Morgan fingerprint density at radius 2 is 1.83 bits per heavy atom. The van der Waals surface area contributed by atoms with Crippen LogP contribution in [0.4, 0.5) is 18.9 Å². The highest BCUT2D eigenvalue weighted by atomic mass is 19.4. The van der Waals surface area contributed by atoms with E-state index in [-0.39, 0.29) is 43.9 Å². The Balaban J connectivity index is 1.35. The summed E-state index contributed by atoms with van der Waals surface area (Å²) in [6, 6.07) is 17.0. The number of aliphatic hydroxyl groups excluding tert-OH is 2. The zero-order valence-electron chi connectivity index (χ0n) is 27.1. The van der Waals surface area contributed by atoms with E-state index in [0.717, 1.165) is 29.7 Å². The zero-order valence-corrected chi connectivity index (χ0v) is 27.1. The minimum atomic E-state index is -4.41. The molecule has 2 heterocycles. The number of rotatable bonds is 12. The topological polar surface area (TPSA) is 117 Å². The van der Waals surface area contributed by atoms with Gasteiger partial charge in [0.25, 0.3) is 0 Å². The van der Waals surface area contributed by atoms with Crippen LogP contribution in [-0.2, 0) is 23.3 Å². The van der Waals surface area contributed by atoms with Gasteiger partial charge in [-0.2, -0.15) is 18.4 Å². The third kappa shape index (κ3) is 10.2. The lowest BCUT2D eigenvalue weighted by Crippen LogP contribution is -2.48. The Hall–Kier alpha value is -4.07. The summed E-state index contributed by atoms with van der Waals surface area (Å²) >= 11 is 0. The molecule has 1 fully saturated rings. The zero-order chi connectivity index (χ0) is 34.2. The van der Waals surface area contributed by atoms with Gasteiger partial charge in [0.15, 0.2) is 0 Å². The van der Waals surface area contributed by atoms with Crippen molar-refractivity contribution in [2.75, 3.05) is 51.7 Å².